The molecule has 0 aliphatic rings. The van der Waals surface area contributed by atoms with Gasteiger partial charge in [-0.15, -0.1) is 0 Å². The first-order valence-corrected chi connectivity index (χ1v) is 9.12. The summed E-state index contributed by atoms with van der Waals surface area (Å²) in [6.07, 6.45) is 0.170. The van der Waals surface area contributed by atoms with Crippen molar-refractivity contribution in [1.29, 1.82) is 0 Å². The zero-order chi connectivity index (χ0) is 19.9. The molecule has 6 heteroatoms. The minimum atomic E-state index is -0.119. The van der Waals surface area contributed by atoms with Gasteiger partial charge in [0.05, 0.1) is 25.8 Å². The Bertz CT molecular complexity index is 932. The molecule has 0 radical (unpaired) electrons. The van der Waals surface area contributed by atoms with E-state index in [1.165, 1.54) is 0 Å². The third-order valence-electron chi connectivity index (χ3n) is 4.35. The number of ether oxygens (including phenoxy) is 2. The topological polar surface area (TPSA) is 73.6 Å². The van der Waals surface area contributed by atoms with E-state index in [1.807, 2.05) is 62.4 Å². The van der Waals surface area contributed by atoms with Crippen LogP contribution in [0.15, 0.2) is 52.9 Å². The molecular formula is C22H24N2O4. The number of amides is 1. The van der Waals surface area contributed by atoms with Gasteiger partial charge >= 0.3 is 0 Å². The normalized spacial score (nSPS) is 10.5. The summed E-state index contributed by atoms with van der Waals surface area (Å²) in [5.41, 5.74) is 2.66. The van der Waals surface area contributed by atoms with Crippen LogP contribution in [-0.4, -0.2) is 31.2 Å². The summed E-state index contributed by atoms with van der Waals surface area (Å²) in [6.45, 7) is 4.62. The summed E-state index contributed by atoms with van der Waals surface area (Å²) in [5.74, 6) is 2.58. The van der Waals surface area contributed by atoms with Gasteiger partial charge in [0.2, 0.25) is 11.8 Å². The lowest BCUT2D eigenvalue weighted by molar-refractivity contribution is -0.120. The zero-order valence-corrected chi connectivity index (χ0v) is 16.3. The van der Waals surface area contributed by atoms with Gasteiger partial charge in [-0.2, -0.15) is 0 Å². The van der Waals surface area contributed by atoms with E-state index < -0.39 is 0 Å². The Hall–Kier alpha value is -3.28. The summed E-state index contributed by atoms with van der Waals surface area (Å²) >= 11 is 0. The van der Waals surface area contributed by atoms with Crippen molar-refractivity contribution in [2.45, 2.75) is 20.3 Å². The van der Waals surface area contributed by atoms with Crippen LogP contribution in [0.3, 0.4) is 0 Å². The highest BCUT2D eigenvalue weighted by molar-refractivity contribution is 5.78. The average Bonchev–Trinajstić information content (AvgIpc) is 3.06. The number of methoxy groups -OCH3 is 1. The van der Waals surface area contributed by atoms with Crippen molar-refractivity contribution >= 4 is 5.91 Å². The maximum Gasteiger partial charge on any atom is 0.226 e. The van der Waals surface area contributed by atoms with Crippen molar-refractivity contribution in [3.8, 4) is 23.0 Å². The Morgan fingerprint density at radius 1 is 1.07 bits per heavy atom. The Balaban J connectivity index is 1.49. The molecule has 0 atom stereocenters. The molecule has 1 N–H and O–H groups in total. The van der Waals surface area contributed by atoms with E-state index in [-0.39, 0.29) is 12.3 Å². The van der Waals surface area contributed by atoms with Gasteiger partial charge in [-0.05, 0) is 49.7 Å². The summed E-state index contributed by atoms with van der Waals surface area (Å²) in [7, 11) is 1.62. The largest absolute Gasteiger partial charge is 0.497 e. The third-order valence-corrected chi connectivity index (χ3v) is 4.35. The van der Waals surface area contributed by atoms with Gasteiger partial charge in [0.1, 0.15) is 23.9 Å². The van der Waals surface area contributed by atoms with E-state index in [2.05, 4.69) is 10.3 Å². The van der Waals surface area contributed by atoms with E-state index >= 15 is 0 Å². The molecule has 3 aromatic rings. The Labute approximate surface area is 164 Å². The van der Waals surface area contributed by atoms with Crippen LogP contribution in [-0.2, 0) is 11.2 Å². The molecule has 1 amide bonds. The van der Waals surface area contributed by atoms with Crippen molar-refractivity contribution in [3.63, 3.8) is 0 Å². The van der Waals surface area contributed by atoms with Crippen LogP contribution in [0.5, 0.6) is 11.5 Å². The van der Waals surface area contributed by atoms with Gasteiger partial charge in [-0.3, -0.25) is 4.79 Å². The molecule has 1 aromatic heterocycles. The first kappa shape index (κ1) is 19.5. The number of aryl methyl sites for hydroxylation is 2. The maximum atomic E-state index is 12.2. The van der Waals surface area contributed by atoms with E-state index in [9.17, 15) is 4.79 Å². The summed E-state index contributed by atoms with van der Waals surface area (Å²) in [6, 6.07) is 15.2. The molecule has 146 valence electrons. The number of aromatic nitrogens is 1. The van der Waals surface area contributed by atoms with E-state index in [1.54, 1.807) is 7.11 Å². The highest BCUT2D eigenvalue weighted by Gasteiger charge is 2.15. The van der Waals surface area contributed by atoms with E-state index in [0.717, 1.165) is 22.6 Å². The van der Waals surface area contributed by atoms with Crippen LogP contribution in [0.2, 0.25) is 0 Å². The Morgan fingerprint density at radius 3 is 2.50 bits per heavy atom. The van der Waals surface area contributed by atoms with Gasteiger partial charge in [0, 0.05) is 5.56 Å². The molecular weight excluding hydrogens is 356 g/mol. The van der Waals surface area contributed by atoms with Gasteiger partial charge in [0.15, 0.2) is 0 Å². The van der Waals surface area contributed by atoms with Crippen molar-refractivity contribution in [1.82, 2.24) is 10.3 Å². The van der Waals surface area contributed by atoms with Crippen LogP contribution in [0, 0.1) is 13.8 Å². The predicted molar refractivity (Wildman–Crippen MR) is 107 cm³/mol. The first-order chi connectivity index (χ1) is 13.6. The van der Waals surface area contributed by atoms with Crippen LogP contribution in [0.1, 0.15) is 17.0 Å². The number of rotatable bonds is 8. The van der Waals surface area contributed by atoms with Crippen LogP contribution >= 0.6 is 0 Å². The summed E-state index contributed by atoms with van der Waals surface area (Å²) in [5, 5.41) is 2.84. The average molecular weight is 380 g/mol. The van der Waals surface area contributed by atoms with Crippen molar-refractivity contribution in [2.24, 2.45) is 0 Å². The second-order valence-electron chi connectivity index (χ2n) is 6.39. The van der Waals surface area contributed by atoms with Crippen molar-refractivity contribution in [2.75, 3.05) is 20.3 Å². The number of carbonyl (C=O) groups is 1. The predicted octanol–water partition coefficient (Wildman–Crippen LogP) is 3.70. The molecule has 0 saturated heterocycles. The van der Waals surface area contributed by atoms with Gasteiger partial charge < -0.3 is 19.2 Å². The standard InChI is InChI=1S/C22H24N2O4/c1-15-6-4-5-7-19(15)22-24-20(16(2)28-22)14-21(25)23-12-13-27-18-10-8-17(26-3)9-11-18/h4-11H,12-14H2,1-3H3,(H,23,25). The number of hydrogen-bond donors (Lipinski definition) is 1. The monoisotopic (exact) mass is 380 g/mol. The maximum absolute atomic E-state index is 12.2. The lowest BCUT2D eigenvalue weighted by Crippen LogP contribution is -2.29. The second kappa shape index (κ2) is 9.08. The Morgan fingerprint density at radius 2 is 1.79 bits per heavy atom. The fourth-order valence-electron chi connectivity index (χ4n) is 2.77. The molecule has 0 fully saturated rings. The molecule has 0 aliphatic heterocycles. The van der Waals surface area contributed by atoms with Crippen molar-refractivity contribution in [3.05, 3.63) is 65.5 Å². The van der Waals surface area contributed by atoms with Crippen LogP contribution in [0.4, 0.5) is 0 Å². The molecule has 28 heavy (non-hydrogen) atoms. The zero-order valence-electron chi connectivity index (χ0n) is 16.3. The molecule has 3 rings (SSSR count). The lowest BCUT2D eigenvalue weighted by atomic mass is 10.1. The molecule has 0 spiro atoms. The van der Waals surface area contributed by atoms with Crippen LogP contribution < -0.4 is 14.8 Å². The second-order valence-corrected chi connectivity index (χ2v) is 6.39. The molecule has 0 bridgehead atoms. The number of hydrogen-bond acceptors (Lipinski definition) is 5. The van der Waals surface area contributed by atoms with Crippen LogP contribution in [0.25, 0.3) is 11.5 Å². The van der Waals surface area contributed by atoms with E-state index in [4.69, 9.17) is 13.9 Å². The van der Waals surface area contributed by atoms with E-state index in [0.29, 0.717) is 30.5 Å². The quantitative estimate of drug-likeness (QED) is 0.603. The highest BCUT2D eigenvalue weighted by Crippen LogP contribution is 2.24. The first-order valence-electron chi connectivity index (χ1n) is 9.12. The fourth-order valence-corrected chi connectivity index (χ4v) is 2.77. The number of oxazole rings is 1. The van der Waals surface area contributed by atoms with Gasteiger partial charge in [-0.1, -0.05) is 18.2 Å². The summed E-state index contributed by atoms with van der Waals surface area (Å²) in [4.78, 5) is 16.7. The molecule has 2 aromatic carbocycles. The summed E-state index contributed by atoms with van der Waals surface area (Å²) < 4.78 is 16.5. The molecule has 0 unspecified atom stereocenters. The van der Waals surface area contributed by atoms with Gasteiger partial charge in [0.25, 0.3) is 0 Å². The van der Waals surface area contributed by atoms with Gasteiger partial charge in [-0.25, -0.2) is 4.98 Å². The lowest BCUT2D eigenvalue weighted by Gasteiger charge is -2.08. The molecule has 6 nitrogen and oxygen atoms in total. The third kappa shape index (κ3) is 4.91. The minimum Gasteiger partial charge on any atom is -0.497 e. The number of carbonyl (C=O) groups excluding carboxylic acids is 1. The molecule has 0 saturated carbocycles. The molecule has 1 heterocycles. The number of benzene rings is 2. The number of nitrogens with one attached hydrogen (secondary N) is 1. The smallest absolute Gasteiger partial charge is 0.226 e. The highest BCUT2D eigenvalue weighted by atomic mass is 16.5. The Kier molecular flexibility index (Phi) is 6.32. The minimum absolute atomic E-state index is 0.119. The SMILES string of the molecule is COc1ccc(OCCNC(=O)Cc2nc(-c3ccccc3C)oc2C)cc1. The fraction of sp³-hybridized carbons (Fsp3) is 0.273. The van der Waals surface area contributed by atoms with Crippen molar-refractivity contribution < 1.29 is 18.7 Å². The number of nitrogens with zero attached hydrogens (tertiary/aromatic N) is 1. The molecule has 0 aliphatic carbocycles.